The van der Waals surface area contributed by atoms with Crippen LogP contribution in [0.2, 0.25) is 0 Å². The molecule has 0 saturated carbocycles. The van der Waals surface area contributed by atoms with Crippen molar-refractivity contribution in [3.05, 3.63) is 36.0 Å². The summed E-state index contributed by atoms with van der Waals surface area (Å²) in [6, 6.07) is 1.28. The lowest BCUT2D eigenvalue weighted by atomic mass is 10.0. The standard InChI is InChI=1S/C25H34N6O9/c26-8-4-3-6-15(27)22(36)29-17(9-13-12-28-16-7-2-1-5-14(13)16)23(37)30-18(10-20(32)33)24(38)31-19(25(39)40)11-21(34)35/h1-2,5,7,12,15,17-19,28H,3-4,6,8-11,26-27H2,(H,29,36)(H,30,37)(H,31,38)(H,32,33)(H,34,35)(H,39,40). The first-order valence-electron chi connectivity index (χ1n) is 12.5. The van der Waals surface area contributed by atoms with Crippen LogP contribution in [0.1, 0.15) is 37.7 Å². The highest BCUT2D eigenvalue weighted by Crippen LogP contribution is 2.19. The Bertz CT molecular complexity index is 1230. The maximum absolute atomic E-state index is 13.3. The lowest BCUT2D eigenvalue weighted by Crippen LogP contribution is -2.58. The highest BCUT2D eigenvalue weighted by atomic mass is 16.4. The van der Waals surface area contributed by atoms with Crippen molar-refractivity contribution < 1.29 is 44.1 Å². The minimum Gasteiger partial charge on any atom is -0.481 e. The molecule has 218 valence electrons. The Morgan fingerprint density at radius 1 is 0.800 bits per heavy atom. The van der Waals surface area contributed by atoms with Gasteiger partial charge in [-0.05, 0) is 31.0 Å². The predicted octanol–water partition coefficient (Wildman–Crippen LogP) is -1.34. The summed E-state index contributed by atoms with van der Waals surface area (Å²) in [6.07, 6.45) is 1.18. The maximum Gasteiger partial charge on any atom is 0.326 e. The van der Waals surface area contributed by atoms with Crippen molar-refractivity contribution in [1.29, 1.82) is 0 Å². The third kappa shape index (κ3) is 9.67. The number of carboxylic acid groups (broad SMARTS) is 3. The largest absolute Gasteiger partial charge is 0.481 e. The van der Waals surface area contributed by atoms with Gasteiger partial charge >= 0.3 is 17.9 Å². The molecule has 0 fully saturated rings. The van der Waals surface area contributed by atoms with Gasteiger partial charge in [-0.15, -0.1) is 0 Å². The molecular weight excluding hydrogens is 528 g/mol. The average molecular weight is 563 g/mol. The van der Waals surface area contributed by atoms with Crippen LogP contribution in [0.15, 0.2) is 30.5 Å². The Morgan fingerprint density at radius 2 is 1.38 bits per heavy atom. The van der Waals surface area contributed by atoms with Gasteiger partial charge in [0.25, 0.3) is 0 Å². The van der Waals surface area contributed by atoms with Crippen LogP contribution in [0.5, 0.6) is 0 Å². The van der Waals surface area contributed by atoms with E-state index in [-0.39, 0.29) is 6.42 Å². The zero-order chi connectivity index (χ0) is 29.8. The van der Waals surface area contributed by atoms with Crippen molar-refractivity contribution in [2.75, 3.05) is 6.54 Å². The zero-order valence-electron chi connectivity index (χ0n) is 21.6. The van der Waals surface area contributed by atoms with E-state index in [1.165, 1.54) is 0 Å². The number of carbonyl (C=O) groups excluding carboxylic acids is 3. The molecule has 1 aromatic carbocycles. The second kappa shape index (κ2) is 15.2. The van der Waals surface area contributed by atoms with E-state index >= 15 is 0 Å². The SMILES string of the molecule is NCCCCC(N)C(=O)NC(Cc1c[nH]c2ccccc12)C(=O)NC(CC(=O)O)C(=O)NC(CC(=O)O)C(=O)O. The molecule has 2 aromatic rings. The number of amides is 3. The van der Waals surface area contributed by atoms with Crippen molar-refractivity contribution in [2.24, 2.45) is 11.5 Å². The molecule has 0 aliphatic rings. The van der Waals surface area contributed by atoms with Gasteiger partial charge in [0.05, 0.1) is 18.9 Å². The highest BCUT2D eigenvalue weighted by Gasteiger charge is 2.32. The number of hydrogen-bond donors (Lipinski definition) is 9. The van der Waals surface area contributed by atoms with E-state index in [0.29, 0.717) is 31.4 Å². The fraction of sp³-hybridized carbons (Fsp3) is 0.440. The minimum absolute atomic E-state index is 0.0602. The van der Waals surface area contributed by atoms with E-state index in [0.717, 1.165) is 10.9 Å². The number of carboxylic acids is 3. The molecular formula is C25H34N6O9. The van der Waals surface area contributed by atoms with Gasteiger partial charge in [-0.3, -0.25) is 24.0 Å². The van der Waals surface area contributed by atoms with Crippen molar-refractivity contribution in [3.8, 4) is 0 Å². The number of carbonyl (C=O) groups is 6. The van der Waals surface area contributed by atoms with Gasteiger partial charge in [0, 0.05) is 23.5 Å². The van der Waals surface area contributed by atoms with Crippen molar-refractivity contribution in [1.82, 2.24) is 20.9 Å². The van der Waals surface area contributed by atoms with E-state index < -0.39 is 72.6 Å². The molecule has 40 heavy (non-hydrogen) atoms. The fourth-order valence-corrected chi connectivity index (χ4v) is 3.95. The number of aromatic nitrogens is 1. The van der Waals surface area contributed by atoms with E-state index in [2.05, 4.69) is 15.6 Å². The summed E-state index contributed by atoms with van der Waals surface area (Å²) in [5, 5.41) is 34.9. The molecule has 0 saturated heterocycles. The maximum atomic E-state index is 13.3. The third-order valence-electron chi connectivity index (χ3n) is 6.04. The van der Waals surface area contributed by atoms with Crippen LogP contribution >= 0.6 is 0 Å². The van der Waals surface area contributed by atoms with Crippen LogP contribution in [0.4, 0.5) is 0 Å². The first-order valence-corrected chi connectivity index (χ1v) is 12.5. The number of nitrogens with one attached hydrogen (secondary N) is 4. The molecule has 4 atom stereocenters. The van der Waals surface area contributed by atoms with Crippen molar-refractivity contribution in [3.63, 3.8) is 0 Å². The fourth-order valence-electron chi connectivity index (χ4n) is 3.95. The molecule has 0 aliphatic heterocycles. The van der Waals surface area contributed by atoms with Crippen LogP contribution in [0, 0.1) is 0 Å². The molecule has 0 radical (unpaired) electrons. The summed E-state index contributed by atoms with van der Waals surface area (Å²) in [5.74, 6) is -7.48. The van der Waals surface area contributed by atoms with Gasteiger partial charge in [-0.25, -0.2) is 4.79 Å². The zero-order valence-corrected chi connectivity index (χ0v) is 21.6. The second-order valence-electron chi connectivity index (χ2n) is 9.17. The smallest absolute Gasteiger partial charge is 0.326 e. The molecule has 1 aromatic heterocycles. The van der Waals surface area contributed by atoms with Gasteiger partial charge < -0.3 is 47.7 Å². The Morgan fingerprint density at radius 3 is 2.00 bits per heavy atom. The van der Waals surface area contributed by atoms with Crippen molar-refractivity contribution in [2.45, 2.75) is 62.7 Å². The summed E-state index contributed by atoms with van der Waals surface area (Å²) < 4.78 is 0. The summed E-state index contributed by atoms with van der Waals surface area (Å²) in [7, 11) is 0. The number of nitrogens with two attached hydrogens (primary N) is 2. The molecule has 0 bridgehead atoms. The number of benzene rings is 1. The van der Waals surface area contributed by atoms with Gasteiger partial charge in [0.1, 0.15) is 18.1 Å². The van der Waals surface area contributed by atoms with E-state index in [4.69, 9.17) is 16.6 Å². The molecule has 15 nitrogen and oxygen atoms in total. The molecule has 11 N–H and O–H groups in total. The third-order valence-corrected chi connectivity index (χ3v) is 6.04. The molecule has 0 aliphatic carbocycles. The number of para-hydroxylation sites is 1. The van der Waals surface area contributed by atoms with Gasteiger partial charge in [0.15, 0.2) is 0 Å². The number of aromatic amines is 1. The molecule has 3 amide bonds. The Hall–Kier alpha value is -4.50. The number of H-pyrrole nitrogens is 1. The Kier molecular flexibility index (Phi) is 12.0. The first kappa shape index (κ1) is 31.7. The monoisotopic (exact) mass is 562 g/mol. The summed E-state index contributed by atoms with van der Waals surface area (Å²) >= 11 is 0. The van der Waals surface area contributed by atoms with E-state index in [1.54, 1.807) is 24.4 Å². The topological polar surface area (TPSA) is 267 Å². The van der Waals surface area contributed by atoms with Gasteiger partial charge in [-0.2, -0.15) is 0 Å². The van der Waals surface area contributed by atoms with E-state index in [9.17, 15) is 39.0 Å². The quantitative estimate of drug-likeness (QED) is 0.102. The molecule has 4 unspecified atom stereocenters. The average Bonchev–Trinajstić information content (AvgIpc) is 3.29. The van der Waals surface area contributed by atoms with Crippen LogP contribution in [-0.4, -0.2) is 86.6 Å². The van der Waals surface area contributed by atoms with E-state index in [1.807, 2.05) is 11.4 Å². The van der Waals surface area contributed by atoms with Crippen LogP contribution in [-0.2, 0) is 35.2 Å². The van der Waals surface area contributed by atoms with Gasteiger partial charge in [-0.1, -0.05) is 24.6 Å². The second-order valence-corrected chi connectivity index (χ2v) is 9.17. The normalized spacial score (nSPS) is 13.9. The number of hydrogen-bond acceptors (Lipinski definition) is 8. The first-order chi connectivity index (χ1) is 18.9. The highest BCUT2D eigenvalue weighted by molar-refractivity contribution is 5.96. The molecule has 2 rings (SSSR count). The summed E-state index contributed by atoms with van der Waals surface area (Å²) in [4.78, 5) is 75.7. The number of aliphatic carboxylic acids is 3. The van der Waals surface area contributed by atoms with Gasteiger partial charge in [0.2, 0.25) is 17.7 Å². The number of rotatable bonds is 17. The molecule has 1 heterocycles. The number of fused-ring (bicyclic) bond motifs is 1. The lowest BCUT2D eigenvalue weighted by Gasteiger charge is -2.24. The van der Waals surface area contributed by atoms with Crippen LogP contribution < -0.4 is 27.4 Å². The Balaban J connectivity index is 2.29. The summed E-state index contributed by atoms with van der Waals surface area (Å²) in [5.41, 5.74) is 12.9. The van der Waals surface area contributed by atoms with Crippen LogP contribution in [0.25, 0.3) is 10.9 Å². The Labute approximate surface area is 228 Å². The number of unbranched alkanes of at least 4 members (excludes halogenated alkanes) is 1. The lowest BCUT2D eigenvalue weighted by molar-refractivity contribution is -0.148. The predicted molar refractivity (Wildman–Crippen MR) is 141 cm³/mol. The molecule has 0 spiro atoms. The molecule has 15 heteroatoms. The minimum atomic E-state index is -1.87. The van der Waals surface area contributed by atoms with Crippen molar-refractivity contribution >= 4 is 46.5 Å². The van der Waals surface area contributed by atoms with Crippen LogP contribution in [0.3, 0.4) is 0 Å². The summed E-state index contributed by atoms with van der Waals surface area (Å²) in [6.45, 7) is 0.419.